The van der Waals surface area contributed by atoms with Crippen molar-refractivity contribution in [1.29, 1.82) is 5.26 Å². The Bertz CT molecular complexity index is 164. The summed E-state index contributed by atoms with van der Waals surface area (Å²) < 4.78 is 10.4. The molecule has 1 fully saturated rings. The smallest absolute Gasteiger partial charge is 0.171 e. The van der Waals surface area contributed by atoms with Gasteiger partial charge in [-0.25, -0.2) is 0 Å². The first kappa shape index (κ1) is 8.51. The van der Waals surface area contributed by atoms with Crippen LogP contribution in [0.2, 0.25) is 0 Å². The normalized spacial score (nSPS) is 27.2. The molecule has 0 aromatic heterocycles. The van der Waals surface area contributed by atoms with Crippen molar-refractivity contribution in [3.8, 4) is 6.07 Å². The van der Waals surface area contributed by atoms with Crippen molar-refractivity contribution in [1.82, 2.24) is 0 Å². The van der Waals surface area contributed by atoms with Gasteiger partial charge < -0.3 is 9.47 Å². The highest BCUT2D eigenvalue weighted by Gasteiger charge is 2.47. The molecule has 1 atom stereocenters. The second-order valence-corrected chi connectivity index (χ2v) is 2.82. The van der Waals surface area contributed by atoms with Crippen LogP contribution in [0.25, 0.3) is 0 Å². The lowest BCUT2D eigenvalue weighted by Crippen LogP contribution is -2.50. The average molecular weight is 155 g/mol. The zero-order valence-corrected chi connectivity index (χ0v) is 6.96. The number of nitriles is 1. The fourth-order valence-electron chi connectivity index (χ4n) is 1.57. The summed E-state index contributed by atoms with van der Waals surface area (Å²) in [5.74, 6) is -0.182. The van der Waals surface area contributed by atoms with Gasteiger partial charge in [0, 0.05) is 33.0 Å². The van der Waals surface area contributed by atoms with Gasteiger partial charge in [0.05, 0.1) is 6.07 Å². The molecule has 0 aromatic rings. The van der Waals surface area contributed by atoms with E-state index in [4.69, 9.17) is 14.7 Å². The fraction of sp³-hybridized carbons (Fsp3) is 0.875. The van der Waals surface area contributed by atoms with E-state index in [0.717, 1.165) is 12.8 Å². The van der Waals surface area contributed by atoms with E-state index in [-0.39, 0.29) is 5.92 Å². The number of rotatable bonds is 3. The summed E-state index contributed by atoms with van der Waals surface area (Å²) in [4.78, 5) is 0. The first-order valence-corrected chi connectivity index (χ1v) is 3.76. The van der Waals surface area contributed by atoms with Crippen LogP contribution in [0.5, 0.6) is 0 Å². The molecule has 0 amide bonds. The number of nitrogens with zero attached hydrogens (tertiary/aromatic N) is 1. The summed E-state index contributed by atoms with van der Waals surface area (Å²) in [6, 6.07) is 2.13. The second-order valence-electron chi connectivity index (χ2n) is 2.82. The minimum Gasteiger partial charge on any atom is -0.353 e. The molecule has 1 aliphatic carbocycles. The SMILES string of the molecule is COC1(OC)CCC1CC#N. The molecular weight excluding hydrogens is 142 g/mol. The Balaban J connectivity index is 2.51. The summed E-state index contributed by atoms with van der Waals surface area (Å²) >= 11 is 0. The van der Waals surface area contributed by atoms with Crippen molar-refractivity contribution in [2.45, 2.75) is 25.0 Å². The van der Waals surface area contributed by atoms with Gasteiger partial charge in [0.15, 0.2) is 5.79 Å². The van der Waals surface area contributed by atoms with Crippen LogP contribution >= 0.6 is 0 Å². The zero-order chi connectivity index (χ0) is 8.32. The third kappa shape index (κ3) is 1.24. The lowest BCUT2D eigenvalue weighted by atomic mass is 9.76. The molecule has 3 nitrogen and oxygen atoms in total. The molecule has 62 valence electrons. The lowest BCUT2D eigenvalue weighted by Gasteiger charge is -2.45. The van der Waals surface area contributed by atoms with E-state index in [1.165, 1.54) is 0 Å². The summed E-state index contributed by atoms with van der Waals surface area (Å²) in [5.41, 5.74) is 0. The van der Waals surface area contributed by atoms with Crippen LogP contribution in [0, 0.1) is 17.2 Å². The molecule has 0 bridgehead atoms. The van der Waals surface area contributed by atoms with Crippen molar-refractivity contribution in [2.75, 3.05) is 14.2 Å². The monoisotopic (exact) mass is 155 g/mol. The molecule has 11 heavy (non-hydrogen) atoms. The van der Waals surface area contributed by atoms with Crippen LogP contribution < -0.4 is 0 Å². The number of hydrogen-bond donors (Lipinski definition) is 0. The molecule has 0 aromatic carbocycles. The minimum absolute atomic E-state index is 0.266. The van der Waals surface area contributed by atoms with Crippen molar-refractivity contribution >= 4 is 0 Å². The van der Waals surface area contributed by atoms with Gasteiger partial charge in [-0.2, -0.15) is 5.26 Å². The first-order valence-electron chi connectivity index (χ1n) is 3.76. The standard InChI is InChI=1S/C8H13NO2/c1-10-8(11-2)5-3-7(8)4-6-9/h7H,3-5H2,1-2H3. The molecule has 0 N–H and O–H groups in total. The van der Waals surface area contributed by atoms with Gasteiger partial charge in [0.25, 0.3) is 0 Å². The maximum absolute atomic E-state index is 8.46. The Morgan fingerprint density at radius 2 is 2.18 bits per heavy atom. The van der Waals surface area contributed by atoms with Crippen LogP contribution in [0.4, 0.5) is 0 Å². The highest BCUT2D eigenvalue weighted by Crippen LogP contribution is 2.43. The maximum Gasteiger partial charge on any atom is 0.171 e. The number of methoxy groups -OCH3 is 2. The largest absolute Gasteiger partial charge is 0.353 e. The third-order valence-corrected chi connectivity index (χ3v) is 2.49. The summed E-state index contributed by atoms with van der Waals surface area (Å²) in [5, 5.41) is 8.46. The topological polar surface area (TPSA) is 42.2 Å². The van der Waals surface area contributed by atoms with E-state index in [2.05, 4.69) is 6.07 Å². The first-order chi connectivity index (χ1) is 5.29. The quantitative estimate of drug-likeness (QED) is 0.577. The molecule has 1 saturated carbocycles. The van der Waals surface area contributed by atoms with Gasteiger partial charge in [-0.3, -0.25) is 0 Å². The third-order valence-electron chi connectivity index (χ3n) is 2.49. The number of ether oxygens (including phenoxy) is 2. The van der Waals surface area contributed by atoms with E-state index in [9.17, 15) is 0 Å². The Kier molecular flexibility index (Phi) is 2.48. The molecule has 1 unspecified atom stereocenters. The number of hydrogen-bond acceptors (Lipinski definition) is 3. The second kappa shape index (κ2) is 3.21. The van der Waals surface area contributed by atoms with Crippen LogP contribution in [0.3, 0.4) is 0 Å². The molecule has 0 aliphatic heterocycles. The van der Waals surface area contributed by atoms with Crippen molar-refractivity contribution in [3.05, 3.63) is 0 Å². The Morgan fingerprint density at radius 1 is 1.55 bits per heavy atom. The zero-order valence-electron chi connectivity index (χ0n) is 6.96. The summed E-state index contributed by atoms with van der Waals surface area (Å²) in [6.07, 6.45) is 2.48. The van der Waals surface area contributed by atoms with Gasteiger partial charge in [-0.05, 0) is 6.42 Å². The highest BCUT2D eigenvalue weighted by atomic mass is 16.7. The van der Waals surface area contributed by atoms with Crippen molar-refractivity contribution in [3.63, 3.8) is 0 Å². The maximum atomic E-state index is 8.46. The molecule has 0 radical (unpaired) electrons. The molecule has 0 spiro atoms. The molecular formula is C8H13NO2. The molecule has 1 rings (SSSR count). The highest BCUT2D eigenvalue weighted by molar-refractivity contribution is 4.94. The van der Waals surface area contributed by atoms with Crippen LogP contribution in [0.1, 0.15) is 19.3 Å². The Morgan fingerprint density at radius 3 is 2.45 bits per heavy atom. The van der Waals surface area contributed by atoms with E-state index in [1.807, 2.05) is 0 Å². The molecule has 3 heteroatoms. The Hall–Kier alpha value is -0.590. The van der Waals surface area contributed by atoms with Crippen LogP contribution in [-0.2, 0) is 9.47 Å². The van der Waals surface area contributed by atoms with Gasteiger partial charge >= 0.3 is 0 Å². The fourth-order valence-corrected chi connectivity index (χ4v) is 1.57. The van der Waals surface area contributed by atoms with E-state index in [1.54, 1.807) is 14.2 Å². The predicted molar refractivity (Wildman–Crippen MR) is 39.7 cm³/mol. The molecule has 0 saturated heterocycles. The van der Waals surface area contributed by atoms with E-state index >= 15 is 0 Å². The average Bonchev–Trinajstić information content (AvgIpc) is 2.01. The van der Waals surface area contributed by atoms with Gasteiger partial charge in [0.2, 0.25) is 0 Å². The minimum atomic E-state index is -0.449. The van der Waals surface area contributed by atoms with Crippen molar-refractivity contribution < 1.29 is 9.47 Å². The van der Waals surface area contributed by atoms with E-state index < -0.39 is 5.79 Å². The van der Waals surface area contributed by atoms with Gasteiger partial charge in [0.1, 0.15) is 0 Å². The molecule has 1 aliphatic rings. The van der Waals surface area contributed by atoms with Crippen LogP contribution in [-0.4, -0.2) is 20.0 Å². The summed E-state index contributed by atoms with van der Waals surface area (Å²) in [6.45, 7) is 0. The predicted octanol–water partition coefficient (Wildman–Crippen LogP) is 1.30. The van der Waals surface area contributed by atoms with Gasteiger partial charge in [-0.1, -0.05) is 0 Å². The van der Waals surface area contributed by atoms with Crippen molar-refractivity contribution in [2.24, 2.45) is 5.92 Å². The lowest BCUT2D eigenvalue weighted by molar-refractivity contribution is -0.285. The van der Waals surface area contributed by atoms with Gasteiger partial charge in [-0.15, -0.1) is 0 Å². The van der Waals surface area contributed by atoms with E-state index in [0.29, 0.717) is 6.42 Å². The molecule has 0 heterocycles. The summed E-state index contributed by atoms with van der Waals surface area (Å²) in [7, 11) is 3.26. The Labute approximate surface area is 66.9 Å². The van der Waals surface area contributed by atoms with Crippen LogP contribution in [0.15, 0.2) is 0 Å².